The Morgan fingerprint density at radius 2 is 2.41 bits per heavy atom. The molecule has 6 heteroatoms. The fraction of sp³-hybridized carbons (Fsp3) is 0.364. The standard InChI is InChI=1S/C11H12BrClN2OS/c1-2-4-15-9(8(13)6-14-15)10(16)11-7(12)3-5-17-11/h3,5-6,10,16H,2,4H2,1H3. The molecule has 1 N–H and O–H groups in total. The second-order valence-corrected chi connectivity index (χ2v) is 5.85. The van der Waals surface area contributed by atoms with Crippen LogP contribution in [0.5, 0.6) is 0 Å². The van der Waals surface area contributed by atoms with Gasteiger partial charge >= 0.3 is 0 Å². The zero-order chi connectivity index (χ0) is 12.4. The first-order valence-corrected chi connectivity index (χ1v) is 7.32. The van der Waals surface area contributed by atoms with Crippen LogP contribution < -0.4 is 0 Å². The van der Waals surface area contributed by atoms with E-state index in [9.17, 15) is 5.11 Å². The molecule has 0 saturated heterocycles. The lowest BCUT2D eigenvalue weighted by molar-refractivity contribution is 0.210. The van der Waals surface area contributed by atoms with E-state index in [0.717, 1.165) is 22.3 Å². The van der Waals surface area contributed by atoms with Crippen molar-refractivity contribution in [3.8, 4) is 0 Å². The number of aliphatic hydroxyl groups excluding tert-OH is 1. The quantitative estimate of drug-likeness (QED) is 0.921. The number of aliphatic hydroxyl groups is 1. The van der Waals surface area contributed by atoms with Crippen molar-refractivity contribution >= 4 is 38.9 Å². The van der Waals surface area contributed by atoms with E-state index in [0.29, 0.717) is 10.7 Å². The highest BCUT2D eigenvalue weighted by atomic mass is 79.9. The Labute approximate surface area is 117 Å². The molecular weight excluding hydrogens is 324 g/mol. The maximum absolute atomic E-state index is 10.4. The van der Waals surface area contributed by atoms with Crippen molar-refractivity contribution in [2.45, 2.75) is 26.0 Å². The Kier molecular flexibility index (Phi) is 4.25. The third kappa shape index (κ3) is 2.57. The number of aryl methyl sites for hydroxylation is 1. The number of nitrogens with zero attached hydrogens (tertiary/aromatic N) is 2. The maximum atomic E-state index is 10.4. The number of rotatable bonds is 4. The van der Waals surface area contributed by atoms with Crippen molar-refractivity contribution in [2.24, 2.45) is 0 Å². The van der Waals surface area contributed by atoms with Crippen LogP contribution >= 0.6 is 38.9 Å². The van der Waals surface area contributed by atoms with Gasteiger partial charge in [-0.15, -0.1) is 11.3 Å². The van der Waals surface area contributed by atoms with Gasteiger partial charge in [0.2, 0.25) is 0 Å². The summed E-state index contributed by atoms with van der Waals surface area (Å²) in [5, 5.41) is 17.0. The monoisotopic (exact) mass is 334 g/mol. The molecule has 2 aromatic heterocycles. The maximum Gasteiger partial charge on any atom is 0.132 e. The van der Waals surface area contributed by atoms with E-state index >= 15 is 0 Å². The van der Waals surface area contributed by atoms with E-state index in [1.54, 1.807) is 10.9 Å². The number of halogens is 2. The second kappa shape index (κ2) is 5.52. The van der Waals surface area contributed by atoms with E-state index in [2.05, 4.69) is 28.0 Å². The highest BCUT2D eigenvalue weighted by Gasteiger charge is 2.22. The SMILES string of the molecule is CCCn1ncc(Cl)c1C(O)c1sccc1Br. The van der Waals surface area contributed by atoms with Gasteiger partial charge in [-0.05, 0) is 33.8 Å². The van der Waals surface area contributed by atoms with Gasteiger partial charge in [-0.3, -0.25) is 4.68 Å². The minimum atomic E-state index is -0.731. The smallest absolute Gasteiger partial charge is 0.132 e. The van der Waals surface area contributed by atoms with Gasteiger partial charge in [0.15, 0.2) is 0 Å². The van der Waals surface area contributed by atoms with Crippen LogP contribution in [0.3, 0.4) is 0 Å². The van der Waals surface area contributed by atoms with Crippen LogP contribution in [0.25, 0.3) is 0 Å². The van der Waals surface area contributed by atoms with E-state index in [-0.39, 0.29) is 0 Å². The van der Waals surface area contributed by atoms with Gasteiger partial charge in [0.05, 0.1) is 21.8 Å². The molecule has 1 atom stereocenters. The number of thiophene rings is 1. The van der Waals surface area contributed by atoms with Gasteiger partial charge in [-0.25, -0.2) is 0 Å². The lowest BCUT2D eigenvalue weighted by Crippen LogP contribution is -2.10. The van der Waals surface area contributed by atoms with Crippen molar-refractivity contribution in [3.05, 3.63) is 37.7 Å². The summed E-state index contributed by atoms with van der Waals surface area (Å²) in [5.41, 5.74) is 0.664. The molecule has 2 aromatic rings. The van der Waals surface area contributed by atoms with E-state index < -0.39 is 6.10 Å². The predicted molar refractivity (Wildman–Crippen MR) is 73.6 cm³/mol. The molecule has 0 bridgehead atoms. The summed E-state index contributed by atoms with van der Waals surface area (Å²) in [7, 11) is 0. The molecule has 0 amide bonds. The molecule has 2 heterocycles. The molecule has 0 aliphatic heterocycles. The van der Waals surface area contributed by atoms with Crippen LogP contribution in [0, 0.1) is 0 Å². The Morgan fingerprint density at radius 3 is 3.00 bits per heavy atom. The zero-order valence-corrected chi connectivity index (χ0v) is 12.4. The summed E-state index contributed by atoms with van der Waals surface area (Å²) >= 11 is 11.0. The van der Waals surface area contributed by atoms with Crippen molar-refractivity contribution in [3.63, 3.8) is 0 Å². The second-order valence-electron chi connectivity index (χ2n) is 3.64. The molecule has 0 saturated carbocycles. The van der Waals surface area contributed by atoms with Crippen LogP contribution in [0.2, 0.25) is 5.02 Å². The third-order valence-electron chi connectivity index (χ3n) is 2.42. The molecule has 1 unspecified atom stereocenters. The lowest BCUT2D eigenvalue weighted by atomic mass is 10.2. The van der Waals surface area contributed by atoms with Gasteiger partial charge in [-0.1, -0.05) is 18.5 Å². The average Bonchev–Trinajstić information content (AvgIpc) is 2.86. The molecular formula is C11H12BrClN2OS. The third-order valence-corrected chi connectivity index (χ3v) is 4.64. The molecule has 0 aliphatic carbocycles. The van der Waals surface area contributed by atoms with Gasteiger partial charge < -0.3 is 5.11 Å². The summed E-state index contributed by atoms with van der Waals surface area (Å²) in [4.78, 5) is 0.852. The molecule has 17 heavy (non-hydrogen) atoms. The lowest BCUT2D eigenvalue weighted by Gasteiger charge is -2.13. The van der Waals surface area contributed by atoms with Crippen molar-refractivity contribution in [1.29, 1.82) is 0 Å². The van der Waals surface area contributed by atoms with E-state index in [1.165, 1.54) is 11.3 Å². The molecule has 0 spiro atoms. The molecule has 2 rings (SSSR count). The Morgan fingerprint density at radius 1 is 1.65 bits per heavy atom. The molecule has 0 aliphatic rings. The summed E-state index contributed by atoms with van der Waals surface area (Å²) in [6.07, 6.45) is 1.80. The summed E-state index contributed by atoms with van der Waals surface area (Å²) in [6, 6.07) is 1.91. The Bertz CT molecular complexity index is 511. The molecule has 92 valence electrons. The fourth-order valence-corrected chi connectivity index (χ4v) is 3.48. The molecule has 0 aromatic carbocycles. The van der Waals surface area contributed by atoms with Gasteiger partial charge in [0.25, 0.3) is 0 Å². The first kappa shape index (κ1) is 13.1. The van der Waals surface area contributed by atoms with Crippen LogP contribution in [-0.4, -0.2) is 14.9 Å². The summed E-state index contributed by atoms with van der Waals surface area (Å²) in [5.74, 6) is 0. The average molecular weight is 336 g/mol. The number of hydrogen-bond acceptors (Lipinski definition) is 3. The molecule has 0 radical (unpaired) electrons. The van der Waals surface area contributed by atoms with Gasteiger partial charge in [0, 0.05) is 11.0 Å². The topological polar surface area (TPSA) is 38.0 Å². The van der Waals surface area contributed by atoms with Crippen LogP contribution in [0.4, 0.5) is 0 Å². The van der Waals surface area contributed by atoms with E-state index in [4.69, 9.17) is 11.6 Å². The zero-order valence-electron chi connectivity index (χ0n) is 9.23. The van der Waals surface area contributed by atoms with Gasteiger partial charge in [0.1, 0.15) is 6.10 Å². The minimum absolute atomic E-state index is 0.506. The first-order valence-electron chi connectivity index (χ1n) is 5.27. The van der Waals surface area contributed by atoms with Crippen LogP contribution in [0.15, 0.2) is 22.1 Å². The van der Waals surface area contributed by atoms with E-state index in [1.807, 2.05) is 11.4 Å². The normalized spacial score (nSPS) is 12.9. The van der Waals surface area contributed by atoms with Crippen LogP contribution in [-0.2, 0) is 6.54 Å². The molecule has 3 nitrogen and oxygen atoms in total. The number of hydrogen-bond donors (Lipinski definition) is 1. The van der Waals surface area contributed by atoms with Crippen molar-refractivity contribution in [2.75, 3.05) is 0 Å². The van der Waals surface area contributed by atoms with Crippen LogP contribution in [0.1, 0.15) is 30.0 Å². The minimum Gasteiger partial charge on any atom is -0.381 e. The Balaban J connectivity index is 2.39. The van der Waals surface area contributed by atoms with Crippen molar-refractivity contribution < 1.29 is 5.11 Å². The highest BCUT2D eigenvalue weighted by molar-refractivity contribution is 9.10. The molecule has 0 fully saturated rings. The summed E-state index contributed by atoms with van der Waals surface area (Å²) < 4.78 is 2.66. The first-order chi connectivity index (χ1) is 8.15. The summed E-state index contributed by atoms with van der Waals surface area (Å²) in [6.45, 7) is 2.81. The predicted octanol–water partition coefficient (Wildman–Crippen LogP) is 3.85. The highest BCUT2D eigenvalue weighted by Crippen LogP contribution is 2.35. The Hall–Kier alpha value is -0.360. The van der Waals surface area contributed by atoms with Gasteiger partial charge in [-0.2, -0.15) is 5.10 Å². The fourth-order valence-electron chi connectivity index (χ4n) is 1.66. The number of aromatic nitrogens is 2. The van der Waals surface area contributed by atoms with Crippen molar-refractivity contribution in [1.82, 2.24) is 9.78 Å². The largest absolute Gasteiger partial charge is 0.381 e.